The molecule has 1 aliphatic rings. The van der Waals surface area contributed by atoms with Crippen LogP contribution in [0.2, 0.25) is 0 Å². The van der Waals surface area contributed by atoms with Crippen molar-refractivity contribution in [3.63, 3.8) is 0 Å². The zero-order valence-corrected chi connectivity index (χ0v) is 22.2. The Labute approximate surface area is 222 Å². The second kappa shape index (κ2) is 11.5. The second-order valence-electron chi connectivity index (χ2n) is 10.5. The molecule has 0 aromatic heterocycles. The maximum atomic E-state index is 5.95. The van der Waals surface area contributed by atoms with Gasteiger partial charge in [-0.15, -0.1) is 0 Å². The van der Waals surface area contributed by atoms with Gasteiger partial charge in [0.1, 0.15) is 0 Å². The molecule has 0 saturated carbocycles. The molecule has 1 unspecified atom stereocenters. The van der Waals surface area contributed by atoms with Gasteiger partial charge in [0.05, 0.1) is 6.10 Å². The molecule has 0 N–H and O–H groups in total. The minimum atomic E-state index is -0.197. The number of nitrogens with zero attached hydrogens (tertiary/aromatic N) is 1. The Morgan fingerprint density at radius 3 is 1.49 bits per heavy atom. The molecule has 1 saturated heterocycles. The predicted octanol–water partition coefficient (Wildman–Crippen LogP) is 7.48. The Balaban J connectivity index is 1.44. The molecule has 1 atom stereocenters. The van der Waals surface area contributed by atoms with Crippen molar-refractivity contribution in [2.45, 2.75) is 43.1 Å². The molecular formula is C35H39NO. The van der Waals surface area contributed by atoms with E-state index in [1.54, 1.807) is 0 Å². The SMILES string of the molecule is COC(C)C1(c2ccccc2)CCN(CCC(c2ccccc2)(c2ccccc2)c2ccccc2)CC1. The molecule has 5 rings (SSSR count). The summed E-state index contributed by atoms with van der Waals surface area (Å²) < 4.78 is 5.95. The van der Waals surface area contributed by atoms with E-state index in [0.717, 1.165) is 38.9 Å². The van der Waals surface area contributed by atoms with Crippen molar-refractivity contribution in [1.82, 2.24) is 4.90 Å². The van der Waals surface area contributed by atoms with Gasteiger partial charge in [-0.05, 0) is 68.1 Å². The fraction of sp³-hybridized carbons (Fsp3) is 0.314. The van der Waals surface area contributed by atoms with Crippen molar-refractivity contribution >= 4 is 0 Å². The molecule has 0 radical (unpaired) electrons. The lowest BCUT2D eigenvalue weighted by Gasteiger charge is -2.46. The van der Waals surface area contributed by atoms with Crippen molar-refractivity contribution in [2.24, 2.45) is 0 Å². The van der Waals surface area contributed by atoms with Crippen LogP contribution in [0, 0.1) is 0 Å². The fourth-order valence-corrected chi connectivity index (χ4v) is 6.53. The molecule has 4 aromatic carbocycles. The lowest BCUT2D eigenvalue weighted by Crippen LogP contribution is -2.49. The number of rotatable bonds is 9. The Bertz CT molecular complexity index is 1120. The van der Waals surface area contributed by atoms with Gasteiger partial charge in [-0.1, -0.05) is 121 Å². The van der Waals surface area contributed by atoms with Crippen LogP contribution in [-0.2, 0) is 15.6 Å². The van der Waals surface area contributed by atoms with Crippen molar-refractivity contribution in [3.8, 4) is 0 Å². The highest BCUT2D eigenvalue weighted by atomic mass is 16.5. The van der Waals surface area contributed by atoms with Gasteiger partial charge in [-0.25, -0.2) is 0 Å². The maximum Gasteiger partial charge on any atom is 0.0640 e. The summed E-state index contributed by atoms with van der Waals surface area (Å²) in [6.45, 7) is 5.45. The molecule has 1 aliphatic heterocycles. The number of ether oxygens (including phenoxy) is 1. The molecule has 0 amide bonds. The van der Waals surface area contributed by atoms with Crippen LogP contribution in [0.1, 0.15) is 48.4 Å². The topological polar surface area (TPSA) is 12.5 Å². The van der Waals surface area contributed by atoms with Crippen LogP contribution in [0.5, 0.6) is 0 Å². The van der Waals surface area contributed by atoms with Crippen LogP contribution in [0.3, 0.4) is 0 Å². The van der Waals surface area contributed by atoms with Gasteiger partial charge in [-0.3, -0.25) is 0 Å². The molecular weight excluding hydrogens is 450 g/mol. The van der Waals surface area contributed by atoms with E-state index in [1.807, 2.05) is 7.11 Å². The van der Waals surface area contributed by atoms with Gasteiger partial charge >= 0.3 is 0 Å². The van der Waals surface area contributed by atoms with E-state index in [9.17, 15) is 0 Å². The highest BCUT2D eigenvalue weighted by Crippen LogP contribution is 2.44. The van der Waals surface area contributed by atoms with Gasteiger partial charge < -0.3 is 9.64 Å². The summed E-state index contributed by atoms with van der Waals surface area (Å²) in [5.74, 6) is 0. The molecule has 2 nitrogen and oxygen atoms in total. The molecule has 0 aliphatic carbocycles. The van der Waals surface area contributed by atoms with Crippen LogP contribution in [0.4, 0.5) is 0 Å². The van der Waals surface area contributed by atoms with Gasteiger partial charge in [-0.2, -0.15) is 0 Å². The summed E-state index contributed by atoms with van der Waals surface area (Å²) in [5, 5.41) is 0. The first-order valence-electron chi connectivity index (χ1n) is 13.7. The lowest BCUT2D eigenvalue weighted by molar-refractivity contribution is 0.00809. The predicted molar refractivity (Wildman–Crippen MR) is 154 cm³/mol. The Kier molecular flexibility index (Phi) is 7.88. The summed E-state index contributed by atoms with van der Waals surface area (Å²) in [7, 11) is 1.86. The Morgan fingerprint density at radius 2 is 1.08 bits per heavy atom. The fourth-order valence-electron chi connectivity index (χ4n) is 6.53. The van der Waals surface area contributed by atoms with Gasteiger partial charge in [0, 0.05) is 17.9 Å². The summed E-state index contributed by atoms with van der Waals surface area (Å²) in [6, 6.07) is 44.3. The van der Waals surface area contributed by atoms with Crippen molar-refractivity contribution in [1.29, 1.82) is 0 Å². The van der Waals surface area contributed by atoms with E-state index in [1.165, 1.54) is 22.3 Å². The molecule has 190 valence electrons. The van der Waals surface area contributed by atoms with Crippen molar-refractivity contribution < 1.29 is 4.74 Å². The third-order valence-corrected chi connectivity index (χ3v) is 8.83. The Morgan fingerprint density at radius 1 is 0.676 bits per heavy atom. The highest BCUT2D eigenvalue weighted by molar-refractivity contribution is 5.50. The summed E-state index contributed by atoms with van der Waals surface area (Å²) >= 11 is 0. The van der Waals surface area contributed by atoms with E-state index >= 15 is 0 Å². The first-order valence-corrected chi connectivity index (χ1v) is 13.7. The van der Waals surface area contributed by atoms with Gasteiger partial charge in [0.25, 0.3) is 0 Å². The zero-order chi connectivity index (χ0) is 25.6. The average Bonchev–Trinajstić information content (AvgIpc) is 2.99. The number of hydrogen-bond acceptors (Lipinski definition) is 2. The normalized spacial score (nSPS) is 16.8. The van der Waals surface area contributed by atoms with Crippen molar-refractivity contribution in [3.05, 3.63) is 144 Å². The standard InChI is InChI=1S/C35H39NO/c1-29(37-2)34(30-15-7-3-8-16-30)23-26-36(27-24-34)28-25-35(31-17-9-4-10-18-31,32-19-11-5-12-20-32)33-21-13-6-14-22-33/h3-22,29H,23-28H2,1-2H3. The highest BCUT2D eigenvalue weighted by Gasteiger charge is 2.42. The third-order valence-electron chi connectivity index (χ3n) is 8.83. The van der Waals surface area contributed by atoms with Gasteiger partial charge in [0.2, 0.25) is 0 Å². The van der Waals surface area contributed by atoms with Crippen molar-refractivity contribution in [2.75, 3.05) is 26.7 Å². The third kappa shape index (κ3) is 5.01. The van der Waals surface area contributed by atoms with Crippen LogP contribution in [-0.4, -0.2) is 37.7 Å². The molecule has 1 fully saturated rings. The van der Waals surface area contributed by atoms with Crippen LogP contribution >= 0.6 is 0 Å². The molecule has 1 heterocycles. The molecule has 0 spiro atoms. The zero-order valence-electron chi connectivity index (χ0n) is 22.2. The van der Waals surface area contributed by atoms with Crippen LogP contribution in [0.15, 0.2) is 121 Å². The number of likely N-dealkylation sites (tertiary alicyclic amines) is 1. The molecule has 0 bridgehead atoms. The number of benzene rings is 4. The van der Waals surface area contributed by atoms with E-state index in [-0.39, 0.29) is 16.9 Å². The largest absolute Gasteiger partial charge is 0.381 e. The lowest BCUT2D eigenvalue weighted by atomic mass is 9.66. The summed E-state index contributed by atoms with van der Waals surface area (Å²) in [4.78, 5) is 2.67. The molecule has 2 heteroatoms. The minimum absolute atomic E-state index is 0.0713. The molecule has 4 aromatic rings. The second-order valence-corrected chi connectivity index (χ2v) is 10.5. The van der Waals surface area contributed by atoms with E-state index < -0.39 is 0 Å². The van der Waals surface area contributed by atoms with Crippen LogP contribution < -0.4 is 0 Å². The minimum Gasteiger partial charge on any atom is -0.381 e. The van der Waals surface area contributed by atoms with Crippen LogP contribution in [0.25, 0.3) is 0 Å². The average molecular weight is 490 g/mol. The summed E-state index contributed by atoms with van der Waals surface area (Å²) in [5.41, 5.74) is 5.36. The first-order chi connectivity index (χ1) is 18.2. The van der Waals surface area contributed by atoms with E-state index in [2.05, 4.69) is 133 Å². The Hall–Kier alpha value is -3.20. The van der Waals surface area contributed by atoms with E-state index in [0.29, 0.717) is 0 Å². The first kappa shape index (κ1) is 25.4. The van der Waals surface area contributed by atoms with Gasteiger partial charge in [0.15, 0.2) is 0 Å². The maximum absolute atomic E-state index is 5.95. The number of methoxy groups -OCH3 is 1. The smallest absolute Gasteiger partial charge is 0.0640 e. The molecule has 37 heavy (non-hydrogen) atoms. The quantitative estimate of drug-likeness (QED) is 0.226. The van der Waals surface area contributed by atoms with E-state index in [4.69, 9.17) is 4.74 Å². The monoisotopic (exact) mass is 489 g/mol. The number of piperidine rings is 1. The summed E-state index contributed by atoms with van der Waals surface area (Å²) in [6.07, 6.45) is 3.44. The number of hydrogen-bond donors (Lipinski definition) is 0.